The quantitative estimate of drug-likeness (QED) is 0.646. The second kappa shape index (κ2) is 4.52. The molecule has 12 heavy (non-hydrogen) atoms. The van der Waals surface area contributed by atoms with Gasteiger partial charge in [0.15, 0.2) is 0 Å². The van der Waals surface area contributed by atoms with Crippen molar-refractivity contribution < 1.29 is 5.11 Å². The summed E-state index contributed by atoms with van der Waals surface area (Å²) in [6, 6.07) is 0. The van der Waals surface area contributed by atoms with E-state index in [9.17, 15) is 5.11 Å². The SMILES string of the molecule is CCSCCC(C)(CO)C1CC1. The Morgan fingerprint density at radius 2 is 2.17 bits per heavy atom. The van der Waals surface area contributed by atoms with E-state index in [2.05, 4.69) is 13.8 Å². The number of rotatable bonds is 6. The summed E-state index contributed by atoms with van der Waals surface area (Å²) in [7, 11) is 0. The fourth-order valence-electron chi connectivity index (χ4n) is 1.64. The van der Waals surface area contributed by atoms with Gasteiger partial charge >= 0.3 is 0 Å². The van der Waals surface area contributed by atoms with Crippen LogP contribution in [0.1, 0.15) is 33.1 Å². The van der Waals surface area contributed by atoms with E-state index in [-0.39, 0.29) is 5.41 Å². The maximum absolute atomic E-state index is 9.29. The monoisotopic (exact) mass is 188 g/mol. The molecule has 0 saturated heterocycles. The number of thioether (sulfide) groups is 1. The summed E-state index contributed by atoms with van der Waals surface area (Å²) in [5, 5.41) is 9.29. The molecule has 1 fully saturated rings. The van der Waals surface area contributed by atoms with E-state index in [1.54, 1.807) is 0 Å². The first-order valence-corrected chi connectivity index (χ1v) is 6.07. The molecule has 0 aliphatic heterocycles. The van der Waals surface area contributed by atoms with Crippen LogP contribution in [0.2, 0.25) is 0 Å². The van der Waals surface area contributed by atoms with E-state index in [1.165, 1.54) is 30.8 Å². The van der Waals surface area contributed by atoms with Gasteiger partial charge in [0.2, 0.25) is 0 Å². The Bertz CT molecular complexity index is 134. The van der Waals surface area contributed by atoms with Gasteiger partial charge in [-0.25, -0.2) is 0 Å². The predicted octanol–water partition coefficient (Wildman–Crippen LogP) is 2.54. The molecule has 0 bridgehead atoms. The molecule has 1 nitrogen and oxygen atoms in total. The van der Waals surface area contributed by atoms with Crippen molar-refractivity contribution in [1.82, 2.24) is 0 Å². The maximum Gasteiger partial charge on any atom is 0.0487 e. The summed E-state index contributed by atoms with van der Waals surface area (Å²) in [6.45, 7) is 4.81. The molecule has 0 aromatic rings. The summed E-state index contributed by atoms with van der Waals surface area (Å²) in [5.74, 6) is 3.23. The van der Waals surface area contributed by atoms with Crippen LogP contribution in [0.15, 0.2) is 0 Å². The molecule has 1 aliphatic rings. The molecule has 1 unspecified atom stereocenters. The first-order valence-electron chi connectivity index (χ1n) is 4.91. The molecule has 0 heterocycles. The largest absolute Gasteiger partial charge is 0.396 e. The lowest BCUT2D eigenvalue weighted by Crippen LogP contribution is -2.24. The van der Waals surface area contributed by atoms with E-state index < -0.39 is 0 Å². The fraction of sp³-hybridized carbons (Fsp3) is 1.00. The van der Waals surface area contributed by atoms with Crippen molar-refractivity contribution in [2.24, 2.45) is 11.3 Å². The normalized spacial score (nSPS) is 22.2. The van der Waals surface area contributed by atoms with Gasteiger partial charge in [0.25, 0.3) is 0 Å². The van der Waals surface area contributed by atoms with Crippen molar-refractivity contribution in [3.05, 3.63) is 0 Å². The third-order valence-corrected chi connectivity index (χ3v) is 3.85. The van der Waals surface area contributed by atoms with Gasteiger partial charge in [-0.2, -0.15) is 11.8 Å². The molecule has 0 spiro atoms. The highest BCUT2D eigenvalue weighted by molar-refractivity contribution is 7.99. The highest BCUT2D eigenvalue weighted by Gasteiger charge is 2.40. The van der Waals surface area contributed by atoms with Crippen LogP contribution in [0.4, 0.5) is 0 Å². The average Bonchev–Trinajstić information content (AvgIpc) is 2.87. The number of hydrogen-bond donors (Lipinski definition) is 1. The van der Waals surface area contributed by atoms with Crippen molar-refractivity contribution in [2.45, 2.75) is 33.1 Å². The predicted molar refractivity (Wildman–Crippen MR) is 55.5 cm³/mol. The highest BCUT2D eigenvalue weighted by Crippen LogP contribution is 2.47. The molecule has 1 atom stereocenters. The molecule has 1 aliphatic carbocycles. The third kappa shape index (κ3) is 2.67. The second-order valence-electron chi connectivity index (χ2n) is 4.03. The van der Waals surface area contributed by atoms with Gasteiger partial charge in [0.05, 0.1) is 0 Å². The summed E-state index contributed by atoms with van der Waals surface area (Å²) in [6.07, 6.45) is 3.87. The molecule has 1 N–H and O–H groups in total. The third-order valence-electron chi connectivity index (χ3n) is 2.95. The molecule has 0 aromatic carbocycles. The molecule has 1 rings (SSSR count). The Hall–Kier alpha value is 0.310. The van der Waals surface area contributed by atoms with Crippen molar-refractivity contribution in [2.75, 3.05) is 18.1 Å². The van der Waals surface area contributed by atoms with E-state index in [0.29, 0.717) is 6.61 Å². The Kier molecular flexibility index (Phi) is 3.91. The molecule has 0 radical (unpaired) electrons. The smallest absolute Gasteiger partial charge is 0.0487 e. The van der Waals surface area contributed by atoms with E-state index in [1.807, 2.05) is 11.8 Å². The van der Waals surface area contributed by atoms with Crippen molar-refractivity contribution in [3.8, 4) is 0 Å². The van der Waals surface area contributed by atoms with Crippen LogP contribution in [0.5, 0.6) is 0 Å². The van der Waals surface area contributed by atoms with E-state index in [0.717, 1.165) is 5.92 Å². The lowest BCUT2D eigenvalue weighted by molar-refractivity contribution is 0.116. The van der Waals surface area contributed by atoms with E-state index >= 15 is 0 Å². The Morgan fingerprint density at radius 3 is 2.58 bits per heavy atom. The standard InChI is InChI=1S/C10H20OS/c1-3-12-7-6-10(2,8-11)9-4-5-9/h9,11H,3-8H2,1-2H3. The number of aliphatic hydroxyl groups is 1. The minimum absolute atomic E-state index is 0.238. The summed E-state index contributed by atoms with van der Waals surface area (Å²) in [5.41, 5.74) is 0.238. The molecule has 1 saturated carbocycles. The summed E-state index contributed by atoms with van der Waals surface area (Å²) < 4.78 is 0. The van der Waals surface area contributed by atoms with Gasteiger partial charge in [0.1, 0.15) is 0 Å². The van der Waals surface area contributed by atoms with E-state index in [4.69, 9.17) is 0 Å². The van der Waals surface area contributed by atoms with Crippen LogP contribution in [0.3, 0.4) is 0 Å². The van der Waals surface area contributed by atoms with Crippen LogP contribution < -0.4 is 0 Å². The Morgan fingerprint density at radius 1 is 1.50 bits per heavy atom. The average molecular weight is 188 g/mol. The minimum atomic E-state index is 0.238. The highest BCUT2D eigenvalue weighted by atomic mass is 32.2. The zero-order valence-corrected chi connectivity index (χ0v) is 8.99. The van der Waals surface area contributed by atoms with Gasteiger partial charge in [-0.1, -0.05) is 13.8 Å². The zero-order chi connectivity index (χ0) is 9.03. The number of hydrogen-bond acceptors (Lipinski definition) is 2. The van der Waals surface area contributed by atoms with Gasteiger partial charge in [-0.15, -0.1) is 0 Å². The van der Waals surface area contributed by atoms with Crippen molar-refractivity contribution in [3.63, 3.8) is 0 Å². The van der Waals surface area contributed by atoms with Crippen molar-refractivity contribution >= 4 is 11.8 Å². The van der Waals surface area contributed by atoms with Crippen LogP contribution >= 0.6 is 11.8 Å². The second-order valence-corrected chi connectivity index (χ2v) is 5.43. The molecule has 72 valence electrons. The summed E-state index contributed by atoms with van der Waals surface area (Å²) in [4.78, 5) is 0. The molecular formula is C10H20OS. The van der Waals surface area contributed by atoms with Crippen LogP contribution in [-0.4, -0.2) is 23.2 Å². The fourth-order valence-corrected chi connectivity index (χ4v) is 2.54. The van der Waals surface area contributed by atoms with Gasteiger partial charge in [-0.05, 0) is 42.1 Å². The Balaban J connectivity index is 2.23. The molecule has 0 aromatic heterocycles. The molecular weight excluding hydrogens is 168 g/mol. The maximum atomic E-state index is 9.29. The lowest BCUT2D eigenvalue weighted by Gasteiger charge is -2.26. The van der Waals surface area contributed by atoms with Crippen LogP contribution in [-0.2, 0) is 0 Å². The van der Waals surface area contributed by atoms with Gasteiger partial charge in [0, 0.05) is 6.61 Å². The first-order chi connectivity index (χ1) is 5.73. The first kappa shape index (κ1) is 10.4. The molecule has 2 heteroatoms. The molecule has 0 amide bonds. The zero-order valence-electron chi connectivity index (χ0n) is 8.18. The lowest BCUT2D eigenvalue weighted by atomic mass is 9.83. The topological polar surface area (TPSA) is 20.2 Å². The summed E-state index contributed by atoms with van der Waals surface area (Å²) >= 11 is 1.98. The van der Waals surface area contributed by atoms with Gasteiger partial charge < -0.3 is 5.11 Å². The van der Waals surface area contributed by atoms with Crippen LogP contribution in [0, 0.1) is 11.3 Å². The van der Waals surface area contributed by atoms with Gasteiger partial charge in [-0.3, -0.25) is 0 Å². The number of aliphatic hydroxyl groups excluding tert-OH is 1. The van der Waals surface area contributed by atoms with Crippen LogP contribution in [0.25, 0.3) is 0 Å². The Labute approximate surface area is 79.9 Å². The minimum Gasteiger partial charge on any atom is -0.396 e. The van der Waals surface area contributed by atoms with Crippen molar-refractivity contribution in [1.29, 1.82) is 0 Å².